The Hall–Kier alpha value is -2.69. The lowest BCUT2D eigenvalue weighted by atomic mass is 9.99. The number of ether oxygens (including phenoxy) is 2. The number of rotatable bonds is 4. The van der Waals surface area contributed by atoms with Gasteiger partial charge in [0.05, 0.1) is 6.04 Å². The van der Waals surface area contributed by atoms with Crippen LogP contribution in [0.1, 0.15) is 23.6 Å². The van der Waals surface area contributed by atoms with Crippen LogP contribution in [-0.2, 0) is 21.5 Å². The quantitative estimate of drug-likeness (QED) is 0.779. The first kappa shape index (κ1) is 19.6. The molecule has 2 heterocycles. The molecule has 0 saturated carbocycles. The van der Waals surface area contributed by atoms with E-state index in [1.165, 1.54) is 19.2 Å². The summed E-state index contributed by atoms with van der Waals surface area (Å²) in [6.45, 7) is 0.290. The van der Waals surface area contributed by atoms with E-state index in [2.05, 4.69) is 10.0 Å². The summed E-state index contributed by atoms with van der Waals surface area (Å²) >= 11 is 0. The van der Waals surface area contributed by atoms with Gasteiger partial charge in [0.25, 0.3) is 10.2 Å². The van der Waals surface area contributed by atoms with E-state index in [1.807, 2.05) is 0 Å². The zero-order valence-corrected chi connectivity index (χ0v) is 16.4. The van der Waals surface area contributed by atoms with Crippen molar-refractivity contribution >= 4 is 16.1 Å². The third-order valence-corrected chi connectivity index (χ3v) is 6.64. The van der Waals surface area contributed by atoms with Gasteiger partial charge in [-0.15, -0.1) is 0 Å². The van der Waals surface area contributed by atoms with E-state index in [0.29, 0.717) is 22.6 Å². The molecule has 2 atom stereocenters. The molecule has 2 aromatic carbocycles. The van der Waals surface area contributed by atoms with Gasteiger partial charge in [-0.1, -0.05) is 18.2 Å². The van der Waals surface area contributed by atoms with E-state index in [-0.39, 0.29) is 25.6 Å². The fourth-order valence-electron chi connectivity index (χ4n) is 3.37. The molecule has 10 heteroatoms. The predicted molar refractivity (Wildman–Crippen MR) is 102 cm³/mol. The van der Waals surface area contributed by atoms with Crippen LogP contribution in [0.4, 0.5) is 4.39 Å². The maximum absolute atomic E-state index is 13.0. The first-order valence-corrected chi connectivity index (χ1v) is 10.4. The summed E-state index contributed by atoms with van der Waals surface area (Å²) in [6, 6.07) is 9.43. The summed E-state index contributed by atoms with van der Waals surface area (Å²) in [6.07, 6.45) is 0.241. The fraction of sp³-hybridized carbons (Fsp3) is 0.316. The molecule has 1 saturated heterocycles. The molecule has 8 nitrogen and oxygen atoms in total. The number of likely N-dealkylation sites (N-methyl/N-ethyl adjacent to an activating group) is 1. The second-order valence-corrected chi connectivity index (χ2v) is 8.66. The molecule has 154 valence electrons. The molecule has 2 N–H and O–H groups in total. The number of nitrogens with one attached hydrogen (secondary N) is 2. The zero-order valence-electron chi connectivity index (χ0n) is 15.6. The van der Waals surface area contributed by atoms with Gasteiger partial charge in [0.1, 0.15) is 11.9 Å². The van der Waals surface area contributed by atoms with Crippen molar-refractivity contribution in [3.63, 3.8) is 0 Å². The number of amides is 1. The van der Waals surface area contributed by atoms with Crippen LogP contribution >= 0.6 is 0 Å². The van der Waals surface area contributed by atoms with E-state index >= 15 is 0 Å². The lowest BCUT2D eigenvalue weighted by Gasteiger charge is -2.36. The summed E-state index contributed by atoms with van der Waals surface area (Å²) in [5, 5.41) is 2.73. The number of hydrogen-bond donors (Lipinski definition) is 2. The second kappa shape index (κ2) is 7.62. The van der Waals surface area contributed by atoms with Crippen LogP contribution in [0.25, 0.3) is 0 Å². The highest BCUT2D eigenvalue weighted by Gasteiger charge is 2.40. The van der Waals surface area contributed by atoms with Crippen molar-refractivity contribution in [3.05, 3.63) is 59.4 Å². The van der Waals surface area contributed by atoms with Gasteiger partial charge in [-0.3, -0.25) is 4.79 Å². The molecule has 2 aromatic rings. The average Bonchev–Trinajstić information content (AvgIpc) is 3.17. The molecular formula is C19H20FN3O5S. The molecule has 2 unspecified atom stereocenters. The van der Waals surface area contributed by atoms with Gasteiger partial charge in [0, 0.05) is 13.6 Å². The highest BCUT2D eigenvalue weighted by atomic mass is 32.2. The van der Waals surface area contributed by atoms with Crippen LogP contribution < -0.4 is 19.5 Å². The molecule has 0 aromatic heterocycles. The Kier molecular flexibility index (Phi) is 5.15. The molecule has 4 rings (SSSR count). The summed E-state index contributed by atoms with van der Waals surface area (Å²) in [5.74, 6) is 0.347. The Morgan fingerprint density at radius 3 is 2.69 bits per heavy atom. The SMILES string of the molecule is CN1C(C(=O)NCc2ccc(F)cc2)CC(c2ccc3c(c2)OCO3)NS1(=O)=O. The van der Waals surface area contributed by atoms with Crippen LogP contribution in [0.15, 0.2) is 42.5 Å². The minimum absolute atomic E-state index is 0.117. The topological polar surface area (TPSA) is 97.0 Å². The molecule has 29 heavy (non-hydrogen) atoms. The minimum Gasteiger partial charge on any atom is -0.454 e. The standard InChI is InChI=1S/C19H20FN3O5S/c1-23-16(19(24)21-10-12-2-5-14(20)6-3-12)9-15(22-29(23,25)26)13-4-7-17-18(8-13)28-11-27-17/h2-8,15-16,22H,9-11H2,1H3,(H,21,24). The predicted octanol–water partition coefficient (Wildman–Crippen LogP) is 1.45. The maximum atomic E-state index is 13.0. The molecule has 1 fully saturated rings. The highest BCUT2D eigenvalue weighted by Crippen LogP contribution is 2.36. The van der Waals surface area contributed by atoms with Crippen molar-refractivity contribution in [3.8, 4) is 11.5 Å². The highest BCUT2D eigenvalue weighted by molar-refractivity contribution is 7.87. The van der Waals surface area contributed by atoms with E-state index in [1.54, 1.807) is 30.3 Å². The first-order chi connectivity index (χ1) is 13.8. The lowest BCUT2D eigenvalue weighted by Crippen LogP contribution is -2.57. The van der Waals surface area contributed by atoms with Crippen molar-refractivity contribution in [1.82, 2.24) is 14.3 Å². The number of fused-ring (bicyclic) bond motifs is 1. The summed E-state index contributed by atoms with van der Waals surface area (Å²) < 4.78 is 52.4. The molecule has 2 aliphatic rings. The van der Waals surface area contributed by atoms with E-state index < -0.39 is 28.2 Å². The lowest BCUT2D eigenvalue weighted by molar-refractivity contribution is -0.125. The monoisotopic (exact) mass is 421 g/mol. The van der Waals surface area contributed by atoms with Crippen LogP contribution in [0, 0.1) is 5.82 Å². The van der Waals surface area contributed by atoms with Crippen molar-refractivity contribution in [2.45, 2.75) is 25.0 Å². The Balaban J connectivity index is 1.51. The first-order valence-electron chi connectivity index (χ1n) is 9.00. The average molecular weight is 421 g/mol. The van der Waals surface area contributed by atoms with Crippen LogP contribution in [-0.4, -0.2) is 38.5 Å². The number of nitrogens with zero attached hydrogens (tertiary/aromatic N) is 1. The van der Waals surface area contributed by atoms with Crippen LogP contribution in [0.2, 0.25) is 0 Å². The van der Waals surface area contributed by atoms with Crippen LogP contribution in [0.3, 0.4) is 0 Å². The van der Waals surface area contributed by atoms with Crippen molar-refractivity contribution < 1.29 is 27.1 Å². The van der Waals surface area contributed by atoms with E-state index in [4.69, 9.17) is 9.47 Å². The van der Waals surface area contributed by atoms with Gasteiger partial charge in [0.15, 0.2) is 11.5 Å². The van der Waals surface area contributed by atoms with Gasteiger partial charge in [0.2, 0.25) is 12.7 Å². The third kappa shape index (κ3) is 4.04. The Labute approximate surface area is 167 Å². The zero-order chi connectivity index (χ0) is 20.6. The van der Waals surface area contributed by atoms with Gasteiger partial charge in [-0.2, -0.15) is 17.4 Å². The largest absolute Gasteiger partial charge is 0.454 e. The number of carbonyl (C=O) groups is 1. The van der Waals surface area contributed by atoms with Crippen molar-refractivity contribution in [2.24, 2.45) is 0 Å². The van der Waals surface area contributed by atoms with E-state index in [9.17, 15) is 17.6 Å². The van der Waals surface area contributed by atoms with Gasteiger partial charge < -0.3 is 14.8 Å². The second-order valence-electron chi connectivity index (χ2n) is 6.90. The molecule has 0 radical (unpaired) electrons. The molecule has 0 spiro atoms. The number of hydrogen-bond acceptors (Lipinski definition) is 5. The number of carbonyl (C=O) groups excluding carboxylic acids is 1. The Morgan fingerprint density at radius 1 is 1.21 bits per heavy atom. The van der Waals surface area contributed by atoms with Gasteiger partial charge >= 0.3 is 0 Å². The summed E-state index contributed by atoms with van der Waals surface area (Å²) in [4.78, 5) is 12.7. The van der Waals surface area contributed by atoms with Gasteiger partial charge in [-0.25, -0.2) is 4.39 Å². The molecular weight excluding hydrogens is 401 g/mol. The molecule has 0 aliphatic carbocycles. The number of benzene rings is 2. The van der Waals surface area contributed by atoms with Crippen molar-refractivity contribution in [1.29, 1.82) is 0 Å². The summed E-state index contributed by atoms with van der Waals surface area (Å²) in [7, 11) is -2.49. The Morgan fingerprint density at radius 2 is 1.93 bits per heavy atom. The third-order valence-electron chi connectivity index (χ3n) is 5.05. The molecule has 1 amide bonds. The van der Waals surface area contributed by atoms with Crippen molar-refractivity contribution in [2.75, 3.05) is 13.8 Å². The maximum Gasteiger partial charge on any atom is 0.280 e. The Bertz CT molecular complexity index is 1030. The smallest absolute Gasteiger partial charge is 0.280 e. The van der Waals surface area contributed by atoms with Crippen LogP contribution in [0.5, 0.6) is 11.5 Å². The minimum atomic E-state index is -3.85. The number of halogens is 1. The fourth-order valence-corrected chi connectivity index (χ4v) is 4.64. The molecule has 2 aliphatic heterocycles. The molecule has 0 bridgehead atoms. The van der Waals surface area contributed by atoms with Gasteiger partial charge in [-0.05, 0) is 41.8 Å². The normalized spacial score (nSPS) is 23.0. The summed E-state index contributed by atoms with van der Waals surface area (Å²) in [5.41, 5.74) is 1.40. The van der Waals surface area contributed by atoms with E-state index in [0.717, 1.165) is 4.31 Å².